The van der Waals surface area contributed by atoms with Gasteiger partial charge in [-0.05, 0) is 30.9 Å². The third-order valence-corrected chi connectivity index (χ3v) is 2.73. The van der Waals surface area contributed by atoms with Crippen molar-refractivity contribution in [2.75, 3.05) is 12.3 Å². The van der Waals surface area contributed by atoms with Crippen molar-refractivity contribution >= 4 is 17.3 Å². The van der Waals surface area contributed by atoms with Crippen LogP contribution in [0, 0.1) is 16.0 Å². The molecule has 1 saturated carbocycles. The molecule has 6 heteroatoms. The van der Waals surface area contributed by atoms with Gasteiger partial charge >= 0.3 is 0 Å². The van der Waals surface area contributed by atoms with Gasteiger partial charge in [0.05, 0.1) is 4.92 Å². The number of nitro benzene ring substituents is 1. The highest BCUT2D eigenvalue weighted by molar-refractivity contribution is 5.95. The molecular weight excluding hydrogens is 222 g/mol. The lowest BCUT2D eigenvalue weighted by Crippen LogP contribution is -2.25. The SMILES string of the molecule is Nc1cc(C(=O)NCC2CC2)ccc1[N+](=O)[O-]. The number of benzene rings is 1. The van der Waals surface area contributed by atoms with Gasteiger partial charge in [0.25, 0.3) is 11.6 Å². The predicted molar refractivity (Wildman–Crippen MR) is 62.6 cm³/mol. The van der Waals surface area contributed by atoms with Crippen LogP contribution in [0.3, 0.4) is 0 Å². The van der Waals surface area contributed by atoms with Crippen LogP contribution in [-0.2, 0) is 0 Å². The highest BCUT2D eigenvalue weighted by atomic mass is 16.6. The Kier molecular flexibility index (Phi) is 2.95. The third-order valence-electron chi connectivity index (χ3n) is 2.73. The summed E-state index contributed by atoms with van der Waals surface area (Å²) in [7, 11) is 0. The second kappa shape index (κ2) is 4.40. The summed E-state index contributed by atoms with van der Waals surface area (Å²) in [5.74, 6) is 0.354. The zero-order valence-corrected chi connectivity index (χ0v) is 9.18. The van der Waals surface area contributed by atoms with Crippen molar-refractivity contribution in [3.63, 3.8) is 0 Å². The average Bonchev–Trinajstić information content (AvgIpc) is 3.09. The van der Waals surface area contributed by atoms with Gasteiger partial charge in [-0.25, -0.2) is 0 Å². The van der Waals surface area contributed by atoms with Crippen molar-refractivity contribution in [1.29, 1.82) is 0 Å². The van der Waals surface area contributed by atoms with Crippen molar-refractivity contribution in [1.82, 2.24) is 5.32 Å². The number of hydrogen-bond donors (Lipinski definition) is 2. The number of nitrogens with one attached hydrogen (secondary N) is 1. The standard InChI is InChI=1S/C11H13N3O3/c12-9-5-8(3-4-10(9)14(16)17)11(15)13-6-7-1-2-7/h3-5,7H,1-2,6,12H2,(H,13,15). The third kappa shape index (κ3) is 2.72. The van der Waals surface area contributed by atoms with Crippen LogP contribution >= 0.6 is 0 Å². The molecule has 0 bridgehead atoms. The molecule has 1 fully saturated rings. The molecule has 1 amide bonds. The summed E-state index contributed by atoms with van der Waals surface area (Å²) in [6.45, 7) is 0.662. The van der Waals surface area contributed by atoms with Gasteiger partial charge < -0.3 is 11.1 Å². The quantitative estimate of drug-likeness (QED) is 0.467. The molecule has 6 nitrogen and oxygen atoms in total. The number of amides is 1. The first-order chi connectivity index (χ1) is 8.08. The summed E-state index contributed by atoms with van der Waals surface area (Å²) >= 11 is 0. The number of nitrogen functional groups attached to an aromatic ring is 1. The minimum atomic E-state index is -0.568. The molecule has 17 heavy (non-hydrogen) atoms. The Labute approximate surface area is 98.0 Å². The van der Waals surface area contributed by atoms with E-state index in [1.54, 1.807) is 0 Å². The molecule has 1 aromatic carbocycles. The summed E-state index contributed by atoms with van der Waals surface area (Å²) in [4.78, 5) is 21.7. The van der Waals surface area contributed by atoms with E-state index < -0.39 is 4.92 Å². The molecular formula is C11H13N3O3. The van der Waals surface area contributed by atoms with Gasteiger partial charge in [-0.3, -0.25) is 14.9 Å². The largest absolute Gasteiger partial charge is 0.393 e. The van der Waals surface area contributed by atoms with Crippen molar-refractivity contribution in [3.8, 4) is 0 Å². The maximum absolute atomic E-state index is 11.7. The first kappa shape index (κ1) is 11.4. The van der Waals surface area contributed by atoms with Gasteiger partial charge in [-0.1, -0.05) is 0 Å². The van der Waals surface area contributed by atoms with E-state index >= 15 is 0 Å². The van der Waals surface area contributed by atoms with E-state index in [2.05, 4.69) is 5.32 Å². The smallest absolute Gasteiger partial charge is 0.292 e. The van der Waals surface area contributed by atoms with Crippen molar-refractivity contribution in [3.05, 3.63) is 33.9 Å². The van der Waals surface area contributed by atoms with Crippen LogP contribution in [0.1, 0.15) is 23.2 Å². The second-order valence-electron chi connectivity index (χ2n) is 4.18. The Balaban J connectivity index is 2.07. The number of carbonyl (C=O) groups is 1. The second-order valence-corrected chi connectivity index (χ2v) is 4.18. The Morgan fingerprint density at radius 3 is 2.76 bits per heavy atom. The predicted octanol–water partition coefficient (Wildman–Crippen LogP) is 1.32. The number of nitrogens with zero attached hydrogens (tertiary/aromatic N) is 1. The van der Waals surface area contributed by atoms with E-state index in [0.29, 0.717) is 18.0 Å². The van der Waals surface area contributed by atoms with Gasteiger partial charge in [0.15, 0.2) is 0 Å². The molecule has 0 heterocycles. The number of nitro groups is 1. The molecule has 0 spiro atoms. The average molecular weight is 235 g/mol. The summed E-state index contributed by atoms with van der Waals surface area (Å²) in [5.41, 5.74) is 5.69. The number of anilines is 1. The van der Waals surface area contributed by atoms with E-state index in [9.17, 15) is 14.9 Å². The first-order valence-corrected chi connectivity index (χ1v) is 5.40. The van der Waals surface area contributed by atoms with Crippen LogP contribution in [0.25, 0.3) is 0 Å². The molecule has 1 aromatic rings. The highest BCUT2D eigenvalue weighted by Gasteiger charge is 2.22. The summed E-state index contributed by atoms with van der Waals surface area (Å²) in [6, 6.07) is 4.00. The lowest BCUT2D eigenvalue weighted by atomic mass is 10.1. The lowest BCUT2D eigenvalue weighted by molar-refractivity contribution is -0.383. The molecule has 2 rings (SSSR count). The number of hydrogen-bond acceptors (Lipinski definition) is 4. The summed E-state index contributed by atoms with van der Waals surface area (Å²) < 4.78 is 0. The van der Waals surface area contributed by atoms with Crippen LogP contribution in [0.15, 0.2) is 18.2 Å². The maximum atomic E-state index is 11.7. The van der Waals surface area contributed by atoms with Crippen LogP contribution in [0.2, 0.25) is 0 Å². The Bertz CT molecular complexity index is 469. The zero-order chi connectivity index (χ0) is 12.4. The molecule has 0 radical (unpaired) electrons. The molecule has 90 valence electrons. The normalized spacial score (nSPS) is 14.4. The van der Waals surface area contributed by atoms with Crippen LogP contribution < -0.4 is 11.1 Å². The van der Waals surface area contributed by atoms with E-state index in [-0.39, 0.29) is 17.3 Å². The zero-order valence-electron chi connectivity index (χ0n) is 9.18. The first-order valence-electron chi connectivity index (χ1n) is 5.40. The molecule has 1 aliphatic rings. The Morgan fingerprint density at radius 2 is 2.24 bits per heavy atom. The minimum absolute atomic E-state index is 0.00840. The number of carbonyl (C=O) groups excluding carboxylic acids is 1. The maximum Gasteiger partial charge on any atom is 0.292 e. The van der Waals surface area contributed by atoms with Gasteiger partial charge in [-0.2, -0.15) is 0 Å². The fraction of sp³-hybridized carbons (Fsp3) is 0.364. The number of nitrogens with two attached hydrogens (primary N) is 1. The van der Waals surface area contributed by atoms with Crippen LogP contribution in [0.4, 0.5) is 11.4 Å². The summed E-state index contributed by atoms with van der Waals surface area (Å²) in [5, 5.41) is 13.3. The van der Waals surface area contributed by atoms with Crippen molar-refractivity contribution < 1.29 is 9.72 Å². The van der Waals surface area contributed by atoms with Gasteiger partial charge in [-0.15, -0.1) is 0 Å². The fourth-order valence-corrected chi connectivity index (χ4v) is 1.52. The van der Waals surface area contributed by atoms with Crippen LogP contribution in [0.5, 0.6) is 0 Å². The number of rotatable bonds is 4. The van der Waals surface area contributed by atoms with Gasteiger partial charge in [0.1, 0.15) is 5.69 Å². The van der Waals surface area contributed by atoms with Crippen molar-refractivity contribution in [2.24, 2.45) is 5.92 Å². The molecule has 0 aromatic heterocycles. The van der Waals surface area contributed by atoms with E-state index in [4.69, 9.17) is 5.73 Å². The van der Waals surface area contributed by atoms with Gasteiger partial charge in [0, 0.05) is 18.2 Å². The molecule has 0 aliphatic heterocycles. The monoisotopic (exact) mass is 235 g/mol. The molecule has 1 aliphatic carbocycles. The Hall–Kier alpha value is -2.11. The Morgan fingerprint density at radius 1 is 1.53 bits per heavy atom. The van der Waals surface area contributed by atoms with Gasteiger partial charge in [0.2, 0.25) is 0 Å². The van der Waals surface area contributed by atoms with Crippen LogP contribution in [-0.4, -0.2) is 17.4 Å². The lowest BCUT2D eigenvalue weighted by Gasteiger charge is -2.05. The molecule has 3 N–H and O–H groups in total. The van der Waals surface area contributed by atoms with E-state index in [0.717, 1.165) is 12.8 Å². The molecule has 0 atom stereocenters. The highest BCUT2D eigenvalue weighted by Crippen LogP contribution is 2.28. The topological polar surface area (TPSA) is 98.3 Å². The molecule has 0 saturated heterocycles. The van der Waals surface area contributed by atoms with Crippen molar-refractivity contribution in [2.45, 2.75) is 12.8 Å². The fourth-order valence-electron chi connectivity index (χ4n) is 1.52. The molecule has 0 unspecified atom stereocenters. The summed E-state index contributed by atoms with van der Waals surface area (Å²) in [6.07, 6.45) is 2.31. The van der Waals surface area contributed by atoms with E-state index in [1.807, 2.05) is 0 Å². The van der Waals surface area contributed by atoms with E-state index in [1.165, 1.54) is 18.2 Å². The minimum Gasteiger partial charge on any atom is -0.393 e.